The van der Waals surface area contributed by atoms with Crippen LogP contribution in [0.4, 0.5) is 0 Å². The van der Waals surface area contributed by atoms with Crippen LogP contribution >= 0.6 is 0 Å². The number of phenols is 3. The van der Waals surface area contributed by atoms with Crippen LogP contribution in [0.2, 0.25) is 0 Å². The molecule has 0 radical (unpaired) electrons. The van der Waals surface area contributed by atoms with E-state index in [9.17, 15) is 8.42 Å². The van der Waals surface area contributed by atoms with E-state index in [0.717, 1.165) is 12.1 Å². The van der Waals surface area contributed by atoms with Crippen molar-refractivity contribution in [1.29, 1.82) is 0 Å². The summed E-state index contributed by atoms with van der Waals surface area (Å²) in [4.78, 5) is 0. The van der Waals surface area contributed by atoms with E-state index in [1.165, 1.54) is 0 Å². The fourth-order valence-corrected chi connectivity index (χ4v) is 1.38. The van der Waals surface area contributed by atoms with Gasteiger partial charge in [0.1, 0.15) is 10.7 Å². The Kier molecular flexibility index (Phi) is 2.62. The first-order valence-electron chi connectivity index (χ1n) is 3.36. The summed E-state index contributed by atoms with van der Waals surface area (Å²) in [5.74, 6) is -2.00. The van der Waals surface area contributed by atoms with Gasteiger partial charge >= 0.3 is 0 Å². The molecule has 0 aliphatic carbocycles. The van der Waals surface area contributed by atoms with Crippen LogP contribution in [0.1, 0.15) is 5.56 Å². The first kappa shape index (κ1) is 9.66. The Bertz CT molecular complexity index is 365. The smallest absolute Gasteiger partial charge is 0.200 e. The SMILES string of the molecule is O=[SH](=O)Cc1cc(O)c(O)c(O)c1. The van der Waals surface area contributed by atoms with E-state index in [1.807, 2.05) is 0 Å². The standard InChI is InChI=1S/C7H8O5S/c8-5-1-4(3-13(11)12)2-6(9)7(5)10/h1-2,8-10,13H,3H2. The minimum atomic E-state index is -2.62. The van der Waals surface area contributed by atoms with Crippen molar-refractivity contribution in [3.8, 4) is 17.2 Å². The molecular weight excluding hydrogens is 196 g/mol. The predicted octanol–water partition coefficient (Wildman–Crippen LogP) is -0.0852. The van der Waals surface area contributed by atoms with E-state index in [4.69, 9.17) is 15.3 Å². The third-order valence-electron chi connectivity index (χ3n) is 1.44. The zero-order valence-corrected chi connectivity index (χ0v) is 7.36. The quantitative estimate of drug-likeness (QED) is 0.399. The number of hydrogen-bond acceptors (Lipinski definition) is 5. The number of thiol groups is 1. The summed E-state index contributed by atoms with van der Waals surface area (Å²) in [6, 6.07) is 2.17. The lowest BCUT2D eigenvalue weighted by atomic mass is 10.2. The van der Waals surface area contributed by atoms with Crippen LogP contribution in [0.5, 0.6) is 17.2 Å². The van der Waals surface area contributed by atoms with Gasteiger partial charge in [-0.1, -0.05) is 0 Å². The van der Waals surface area contributed by atoms with E-state index in [-0.39, 0.29) is 11.3 Å². The molecule has 0 saturated heterocycles. The lowest BCUT2D eigenvalue weighted by Crippen LogP contribution is -1.86. The third kappa shape index (κ3) is 2.25. The molecule has 0 atom stereocenters. The van der Waals surface area contributed by atoms with Gasteiger partial charge < -0.3 is 15.3 Å². The molecule has 13 heavy (non-hydrogen) atoms. The molecule has 0 heterocycles. The summed E-state index contributed by atoms with van der Waals surface area (Å²) in [5.41, 5.74) is 0.226. The highest BCUT2D eigenvalue weighted by Gasteiger charge is 2.07. The van der Waals surface area contributed by atoms with Crippen molar-refractivity contribution in [2.45, 2.75) is 5.75 Å². The second-order valence-electron chi connectivity index (χ2n) is 2.47. The van der Waals surface area contributed by atoms with Gasteiger partial charge in [-0.05, 0) is 17.7 Å². The van der Waals surface area contributed by atoms with Crippen molar-refractivity contribution in [1.82, 2.24) is 0 Å². The van der Waals surface area contributed by atoms with Gasteiger partial charge in [0.15, 0.2) is 17.2 Å². The van der Waals surface area contributed by atoms with E-state index >= 15 is 0 Å². The average molecular weight is 204 g/mol. The van der Waals surface area contributed by atoms with E-state index < -0.39 is 28.0 Å². The lowest BCUT2D eigenvalue weighted by molar-refractivity contribution is 0.367. The second kappa shape index (κ2) is 3.53. The summed E-state index contributed by atoms with van der Waals surface area (Å²) in [7, 11) is -2.62. The fraction of sp³-hybridized carbons (Fsp3) is 0.143. The minimum Gasteiger partial charge on any atom is -0.504 e. The molecule has 3 N–H and O–H groups in total. The van der Waals surface area contributed by atoms with Gasteiger partial charge in [0.25, 0.3) is 0 Å². The first-order chi connectivity index (χ1) is 6.00. The Morgan fingerprint density at radius 1 is 1.08 bits per heavy atom. The highest BCUT2D eigenvalue weighted by Crippen LogP contribution is 2.35. The monoisotopic (exact) mass is 204 g/mol. The molecule has 1 aromatic carbocycles. The number of aromatic hydroxyl groups is 3. The third-order valence-corrected chi connectivity index (χ3v) is 2.06. The number of phenolic OH excluding ortho intramolecular Hbond substituents is 3. The fourth-order valence-electron chi connectivity index (χ4n) is 0.901. The van der Waals surface area contributed by atoms with Crippen LogP contribution in [0.3, 0.4) is 0 Å². The van der Waals surface area contributed by atoms with E-state index in [0.29, 0.717) is 0 Å². The minimum absolute atomic E-state index is 0.226. The molecular formula is C7H8O5S. The van der Waals surface area contributed by atoms with Gasteiger partial charge in [-0.25, -0.2) is 8.42 Å². The van der Waals surface area contributed by atoms with Crippen LogP contribution in [-0.2, 0) is 16.5 Å². The number of benzene rings is 1. The maximum absolute atomic E-state index is 10.3. The van der Waals surface area contributed by atoms with Crippen LogP contribution in [-0.4, -0.2) is 23.7 Å². The molecule has 72 valence electrons. The molecule has 0 amide bonds. The highest BCUT2D eigenvalue weighted by atomic mass is 32.2. The lowest BCUT2D eigenvalue weighted by Gasteiger charge is -2.02. The maximum atomic E-state index is 10.3. The maximum Gasteiger partial charge on any atom is 0.200 e. The molecule has 0 bridgehead atoms. The molecule has 0 saturated carbocycles. The highest BCUT2D eigenvalue weighted by molar-refractivity contribution is 7.71. The zero-order chi connectivity index (χ0) is 10.0. The molecule has 6 heteroatoms. The average Bonchev–Trinajstić information content (AvgIpc) is 1.98. The molecule has 1 aromatic rings. The van der Waals surface area contributed by atoms with Crippen molar-refractivity contribution in [2.75, 3.05) is 0 Å². The topological polar surface area (TPSA) is 94.8 Å². The Labute approximate surface area is 75.8 Å². The van der Waals surface area contributed by atoms with Gasteiger partial charge in [-0.2, -0.15) is 0 Å². The Morgan fingerprint density at radius 2 is 1.54 bits per heavy atom. The molecule has 0 aliphatic rings. The second-order valence-corrected chi connectivity index (χ2v) is 3.46. The summed E-state index contributed by atoms with van der Waals surface area (Å²) in [6.07, 6.45) is 0. The largest absolute Gasteiger partial charge is 0.504 e. The van der Waals surface area contributed by atoms with Crippen LogP contribution in [0.15, 0.2) is 12.1 Å². The van der Waals surface area contributed by atoms with E-state index in [2.05, 4.69) is 0 Å². The van der Waals surface area contributed by atoms with Crippen molar-refractivity contribution in [2.24, 2.45) is 0 Å². The summed E-state index contributed by atoms with van der Waals surface area (Å²) in [6.45, 7) is 0. The molecule has 0 spiro atoms. The van der Waals surface area contributed by atoms with Gasteiger partial charge in [-0.15, -0.1) is 0 Å². The molecule has 0 aromatic heterocycles. The summed E-state index contributed by atoms with van der Waals surface area (Å²) in [5, 5.41) is 26.9. The van der Waals surface area contributed by atoms with E-state index in [1.54, 1.807) is 0 Å². The summed E-state index contributed by atoms with van der Waals surface area (Å²) >= 11 is 0. The van der Waals surface area contributed by atoms with Gasteiger partial charge in [0, 0.05) is 0 Å². The van der Waals surface area contributed by atoms with Crippen molar-refractivity contribution < 1.29 is 23.7 Å². The van der Waals surface area contributed by atoms with Crippen molar-refractivity contribution >= 4 is 10.7 Å². The first-order valence-corrected chi connectivity index (χ1v) is 4.72. The van der Waals surface area contributed by atoms with Gasteiger partial charge in [0.05, 0.1) is 5.75 Å². The Morgan fingerprint density at radius 3 is 1.92 bits per heavy atom. The molecule has 0 fully saturated rings. The van der Waals surface area contributed by atoms with Crippen LogP contribution in [0.25, 0.3) is 0 Å². The predicted molar refractivity (Wildman–Crippen MR) is 45.5 cm³/mol. The molecule has 5 nitrogen and oxygen atoms in total. The van der Waals surface area contributed by atoms with Crippen LogP contribution < -0.4 is 0 Å². The summed E-state index contributed by atoms with van der Waals surface area (Å²) < 4.78 is 20.6. The van der Waals surface area contributed by atoms with Gasteiger partial charge in [0.2, 0.25) is 0 Å². The molecule has 1 rings (SSSR count). The Balaban J connectivity index is 3.13. The molecule has 0 unspecified atom stereocenters. The van der Waals surface area contributed by atoms with Crippen molar-refractivity contribution in [3.63, 3.8) is 0 Å². The Hall–Kier alpha value is -1.43. The van der Waals surface area contributed by atoms with Gasteiger partial charge in [-0.3, -0.25) is 0 Å². The number of hydrogen-bond donors (Lipinski definition) is 4. The normalized spacial score (nSPS) is 10.5. The van der Waals surface area contributed by atoms with Crippen molar-refractivity contribution in [3.05, 3.63) is 17.7 Å². The van der Waals surface area contributed by atoms with Crippen LogP contribution in [0, 0.1) is 0 Å². The molecule has 0 aliphatic heterocycles. The number of rotatable bonds is 2. The zero-order valence-electron chi connectivity index (χ0n) is 6.47.